The van der Waals surface area contributed by atoms with Crippen LogP contribution in [0.1, 0.15) is 26.2 Å². The van der Waals surface area contributed by atoms with Crippen LogP contribution in [0, 0.1) is 0 Å². The number of hydrogen-bond donors (Lipinski definition) is 0. The van der Waals surface area contributed by atoms with Gasteiger partial charge >= 0.3 is 0 Å². The third-order valence-corrected chi connectivity index (χ3v) is 4.92. The molecule has 0 radical (unpaired) electrons. The van der Waals surface area contributed by atoms with Crippen molar-refractivity contribution in [1.29, 1.82) is 0 Å². The van der Waals surface area contributed by atoms with Crippen LogP contribution in [-0.4, -0.2) is 72.6 Å². The number of likely N-dealkylation sites (tertiary alicyclic amines) is 1. The third-order valence-electron chi connectivity index (χ3n) is 4.00. The number of rotatable bonds is 6. The van der Waals surface area contributed by atoms with Crippen molar-refractivity contribution < 1.29 is 9.53 Å². The molecule has 0 aromatic carbocycles. The van der Waals surface area contributed by atoms with Crippen molar-refractivity contribution in [3.63, 3.8) is 0 Å². The Balaban J connectivity index is 1.62. The number of amides is 1. The minimum absolute atomic E-state index is 0.292. The Morgan fingerprint density at radius 2 is 2.11 bits per heavy atom. The first-order valence-corrected chi connectivity index (χ1v) is 8.64. The average molecular weight is 286 g/mol. The summed E-state index contributed by atoms with van der Waals surface area (Å²) in [6.07, 6.45) is 3.68. The molecule has 0 aromatic rings. The summed E-state index contributed by atoms with van der Waals surface area (Å²) in [6, 6.07) is 0.292. The lowest BCUT2D eigenvalue weighted by atomic mass is 10.2. The van der Waals surface area contributed by atoms with Crippen LogP contribution < -0.4 is 0 Å². The molecule has 2 saturated heterocycles. The molecule has 0 aliphatic carbocycles. The summed E-state index contributed by atoms with van der Waals surface area (Å²) in [5.41, 5.74) is 0. The normalized spacial score (nSPS) is 24.9. The van der Waals surface area contributed by atoms with Crippen LogP contribution in [0.5, 0.6) is 0 Å². The van der Waals surface area contributed by atoms with Gasteiger partial charge in [0.25, 0.3) is 0 Å². The highest BCUT2D eigenvalue weighted by atomic mass is 32.2. The van der Waals surface area contributed by atoms with Crippen molar-refractivity contribution in [3.05, 3.63) is 0 Å². The van der Waals surface area contributed by atoms with Crippen molar-refractivity contribution in [2.75, 3.05) is 50.9 Å². The molecule has 2 rings (SSSR count). The zero-order chi connectivity index (χ0) is 13.5. The summed E-state index contributed by atoms with van der Waals surface area (Å²) in [6.45, 7) is 7.93. The monoisotopic (exact) mass is 286 g/mol. The number of carbonyl (C=O) groups excluding carboxylic acids is 1. The summed E-state index contributed by atoms with van der Waals surface area (Å²) in [4.78, 5) is 16.7. The molecule has 0 unspecified atom stereocenters. The van der Waals surface area contributed by atoms with E-state index in [1.807, 2.05) is 4.90 Å². The van der Waals surface area contributed by atoms with Crippen molar-refractivity contribution in [2.45, 2.75) is 32.2 Å². The van der Waals surface area contributed by atoms with Gasteiger partial charge in [0.15, 0.2) is 0 Å². The van der Waals surface area contributed by atoms with E-state index in [4.69, 9.17) is 4.74 Å². The fraction of sp³-hybridized carbons (Fsp3) is 0.929. The molecular formula is C14H26N2O2S. The van der Waals surface area contributed by atoms with Gasteiger partial charge in [0, 0.05) is 18.8 Å². The second kappa shape index (κ2) is 8.12. The van der Waals surface area contributed by atoms with Gasteiger partial charge in [-0.1, -0.05) is 6.92 Å². The van der Waals surface area contributed by atoms with Gasteiger partial charge in [-0.2, -0.15) is 11.8 Å². The lowest BCUT2D eigenvalue weighted by molar-refractivity contribution is -0.137. The van der Waals surface area contributed by atoms with Gasteiger partial charge in [0.2, 0.25) is 5.91 Å². The maximum atomic E-state index is 12.2. The molecule has 0 aromatic heterocycles. The van der Waals surface area contributed by atoms with Crippen molar-refractivity contribution in [2.24, 2.45) is 0 Å². The first kappa shape index (κ1) is 15.1. The Bertz CT molecular complexity index is 283. The van der Waals surface area contributed by atoms with Crippen molar-refractivity contribution in [1.82, 2.24) is 9.80 Å². The SMILES string of the molecule is CC[C@H]1COCCN1C(=O)CSCCN1CCCC1. The standard InChI is InChI=1S/C14H26N2O2S/c1-2-13-11-18-9-7-16(13)14(17)12-19-10-8-15-5-3-4-6-15/h13H,2-12H2,1H3/t13-/m0/s1. The van der Waals surface area contributed by atoms with Crippen molar-refractivity contribution >= 4 is 17.7 Å². The molecular weight excluding hydrogens is 260 g/mol. The maximum Gasteiger partial charge on any atom is 0.232 e. The Kier molecular flexibility index (Phi) is 6.47. The summed E-state index contributed by atoms with van der Waals surface area (Å²) < 4.78 is 5.44. The number of ether oxygens (including phenoxy) is 1. The molecule has 2 aliphatic rings. The van der Waals surface area contributed by atoms with E-state index >= 15 is 0 Å². The van der Waals surface area contributed by atoms with E-state index in [1.165, 1.54) is 25.9 Å². The Morgan fingerprint density at radius 3 is 2.84 bits per heavy atom. The quantitative estimate of drug-likeness (QED) is 0.692. The van der Waals surface area contributed by atoms with Gasteiger partial charge in [0.1, 0.15) is 0 Å². The predicted molar refractivity (Wildman–Crippen MR) is 79.6 cm³/mol. The van der Waals surface area contributed by atoms with Gasteiger partial charge in [-0.05, 0) is 32.4 Å². The molecule has 1 atom stereocenters. The molecule has 5 heteroatoms. The van der Waals surface area contributed by atoms with Gasteiger partial charge < -0.3 is 14.5 Å². The molecule has 19 heavy (non-hydrogen) atoms. The van der Waals surface area contributed by atoms with E-state index in [9.17, 15) is 4.79 Å². The van der Waals surface area contributed by atoms with Crippen LogP contribution in [0.3, 0.4) is 0 Å². The number of morpholine rings is 1. The lowest BCUT2D eigenvalue weighted by Gasteiger charge is -2.35. The molecule has 4 nitrogen and oxygen atoms in total. The molecule has 0 N–H and O–H groups in total. The maximum absolute atomic E-state index is 12.2. The Morgan fingerprint density at radius 1 is 1.32 bits per heavy atom. The fourth-order valence-corrected chi connectivity index (χ4v) is 3.64. The summed E-state index contributed by atoms with van der Waals surface area (Å²) in [7, 11) is 0. The van der Waals surface area contributed by atoms with E-state index in [1.54, 1.807) is 11.8 Å². The van der Waals surface area contributed by atoms with Gasteiger partial charge in [-0.15, -0.1) is 0 Å². The van der Waals surface area contributed by atoms with E-state index in [2.05, 4.69) is 11.8 Å². The smallest absolute Gasteiger partial charge is 0.232 e. The molecule has 2 heterocycles. The first-order valence-electron chi connectivity index (χ1n) is 7.48. The molecule has 2 fully saturated rings. The zero-order valence-electron chi connectivity index (χ0n) is 12.0. The van der Waals surface area contributed by atoms with E-state index in [0.717, 1.165) is 25.3 Å². The molecule has 110 valence electrons. The van der Waals surface area contributed by atoms with Crippen LogP contribution in [0.4, 0.5) is 0 Å². The summed E-state index contributed by atoms with van der Waals surface area (Å²) in [5, 5.41) is 0. The summed E-state index contributed by atoms with van der Waals surface area (Å²) in [5.74, 6) is 2.00. The molecule has 0 spiro atoms. The first-order chi connectivity index (χ1) is 9.31. The highest BCUT2D eigenvalue weighted by Crippen LogP contribution is 2.14. The zero-order valence-corrected chi connectivity index (χ0v) is 12.8. The number of carbonyl (C=O) groups is 1. The third kappa shape index (κ3) is 4.65. The van der Waals surface area contributed by atoms with E-state index < -0.39 is 0 Å². The van der Waals surface area contributed by atoms with E-state index in [0.29, 0.717) is 30.9 Å². The number of thioether (sulfide) groups is 1. The number of nitrogens with zero attached hydrogens (tertiary/aromatic N) is 2. The van der Waals surface area contributed by atoms with Gasteiger partial charge in [0.05, 0.1) is 25.0 Å². The average Bonchev–Trinajstić information content (AvgIpc) is 2.96. The fourth-order valence-electron chi connectivity index (χ4n) is 2.76. The van der Waals surface area contributed by atoms with Crippen LogP contribution in [0.25, 0.3) is 0 Å². The Labute approximate surface area is 120 Å². The highest BCUT2D eigenvalue weighted by molar-refractivity contribution is 7.99. The predicted octanol–water partition coefficient (Wildman–Crippen LogP) is 1.45. The minimum atomic E-state index is 0.292. The minimum Gasteiger partial charge on any atom is -0.377 e. The second-order valence-electron chi connectivity index (χ2n) is 5.33. The second-order valence-corrected chi connectivity index (χ2v) is 6.43. The largest absolute Gasteiger partial charge is 0.377 e. The Hall–Kier alpha value is -0.260. The molecule has 2 aliphatic heterocycles. The molecule has 0 saturated carbocycles. The van der Waals surface area contributed by atoms with Crippen LogP contribution in [-0.2, 0) is 9.53 Å². The van der Waals surface area contributed by atoms with Crippen LogP contribution in [0.2, 0.25) is 0 Å². The number of hydrogen-bond acceptors (Lipinski definition) is 4. The molecule has 1 amide bonds. The van der Waals surface area contributed by atoms with Crippen LogP contribution in [0.15, 0.2) is 0 Å². The van der Waals surface area contributed by atoms with E-state index in [-0.39, 0.29) is 0 Å². The van der Waals surface area contributed by atoms with Crippen LogP contribution >= 0.6 is 11.8 Å². The molecule has 0 bridgehead atoms. The van der Waals surface area contributed by atoms with Gasteiger partial charge in [-0.3, -0.25) is 4.79 Å². The van der Waals surface area contributed by atoms with Crippen molar-refractivity contribution in [3.8, 4) is 0 Å². The summed E-state index contributed by atoms with van der Waals surface area (Å²) >= 11 is 1.78. The van der Waals surface area contributed by atoms with Gasteiger partial charge in [-0.25, -0.2) is 0 Å². The topological polar surface area (TPSA) is 32.8 Å². The lowest BCUT2D eigenvalue weighted by Crippen LogP contribution is -2.49. The highest BCUT2D eigenvalue weighted by Gasteiger charge is 2.25.